The minimum atomic E-state index is -3.37. The van der Waals surface area contributed by atoms with Crippen molar-refractivity contribution in [3.63, 3.8) is 0 Å². The Morgan fingerprint density at radius 2 is 1.84 bits per heavy atom. The van der Waals surface area contributed by atoms with Crippen molar-refractivity contribution in [3.05, 3.63) is 60.5 Å². The van der Waals surface area contributed by atoms with Crippen molar-refractivity contribution in [1.82, 2.24) is 14.8 Å². The molecule has 0 unspecified atom stereocenters. The second-order valence-corrected chi connectivity index (χ2v) is 9.11. The summed E-state index contributed by atoms with van der Waals surface area (Å²) in [6.07, 6.45) is 4.25. The van der Waals surface area contributed by atoms with E-state index in [1.165, 1.54) is 0 Å². The van der Waals surface area contributed by atoms with Crippen molar-refractivity contribution in [2.75, 3.05) is 16.3 Å². The first-order chi connectivity index (χ1) is 14.7. The molecule has 0 atom stereocenters. The maximum atomic E-state index is 13.1. The molecule has 0 spiro atoms. The number of aromatic nitrogens is 3. The fourth-order valence-electron chi connectivity index (χ4n) is 3.17. The van der Waals surface area contributed by atoms with E-state index in [9.17, 15) is 13.2 Å². The van der Waals surface area contributed by atoms with Crippen molar-refractivity contribution in [3.8, 4) is 11.5 Å². The Kier molecular flexibility index (Phi) is 5.24. The Bertz CT molecular complexity index is 1340. The quantitative estimate of drug-likeness (QED) is 0.470. The molecule has 0 aliphatic heterocycles. The van der Waals surface area contributed by atoms with Crippen molar-refractivity contribution in [2.24, 2.45) is 0 Å². The zero-order valence-electron chi connectivity index (χ0n) is 17.2. The Balaban J connectivity index is 1.70. The lowest BCUT2D eigenvalue weighted by atomic mass is 10.1. The number of amides is 1. The second-order valence-electron chi connectivity index (χ2n) is 7.36. The molecule has 4 aromatic rings. The topological polar surface area (TPSA) is 119 Å². The third kappa shape index (κ3) is 4.43. The highest BCUT2D eigenvalue weighted by molar-refractivity contribution is 7.92. The largest absolute Gasteiger partial charge is 0.463 e. The van der Waals surface area contributed by atoms with Gasteiger partial charge in [-0.25, -0.2) is 18.1 Å². The van der Waals surface area contributed by atoms with E-state index in [0.717, 1.165) is 6.26 Å². The highest BCUT2D eigenvalue weighted by atomic mass is 32.2. The van der Waals surface area contributed by atoms with Gasteiger partial charge >= 0.3 is 0 Å². The van der Waals surface area contributed by atoms with E-state index in [-0.39, 0.29) is 11.9 Å². The minimum Gasteiger partial charge on any atom is -0.463 e. The standard InChI is InChI=1S/C21H21N5O4S/c1-13(2)26-20-17(12-22-26)16(11-18(24-20)19-5-4-10-30-19)21(27)23-14-6-8-15(9-7-14)25-31(3,28)29/h4-13,25H,1-3H3,(H,23,27). The fourth-order valence-corrected chi connectivity index (χ4v) is 3.73. The number of hydrogen-bond donors (Lipinski definition) is 2. The number of pyridine rings is 1. The number of fused-ring (bicyclic) bond motifs is 1. The summed E-state index contributed by atoms with van der Waals surface area (Å²) in [5.41, 5.74) is 2.44. The second kappa shape index (κ2) is 7.88. The van der Waals surface area contributed by atoms with Crippen LogP contribution in [-0.4, -0.2) is 35.3 Å². The zero-order valence-corrected chi connectivity index (χ0v) is 18.0. The van der Waals surface area contributed by atoms with Gasteiger partial charge in [-0.1, -0.05) is 0 Å². The van der Waals surface area contributed by atoms with Crippen LogP contribution in [0.4, 0.5) is 11.4 Å². The van der Waals surface area contributed by atoms with Crippen LogP contribution in [0.5, 0.6) is 0 Å². The molecule has 1 amide bonds. The Morgan fingerprint density at radius 1 is 1.13 bits per heavy atom. The molecule has 0 aliphatic rings. The molecule has 2 N–H and O–H groups in total. The van der Waals surface area contributed by atoms with Gasteiger partial charge < -0.3 is 9.73 Å². The first-order valence-electron chi connectivity index (χ1n) is 9.52. The van der Waals surface area contributed by atoms with Crippen LogP contribution in [0.15, 0.2) is 59.3 Å². The van der Waals surface area contributed by atoms with E-state index in [1.807, 2.05) is 13.8 Å². The SMILES string of the molecule is CC(C)n1ncc2c(C(=O)Nc3ccc(NS(C)(=O)=O)cc3)cc(-c3ccco3)nc21. The van der Waals surface area contributed by atoms with Crippen LogP contribution in [-0.2, 0) is 10.0 Å². The number of rotatable bonds is 6. The van der Waals surface area contributed by atoms with Crippen LogP contribution in [0.3, 0.4) is 0 Å². The molecule has 0 saturated heterocycles. The lowest BCUT2D eigenvalue weighted by Gasteiger charge is -2.11. The summed E-state index contributed by atoms with van der Waals surface area (Å²) in [5, 5.41) is 7.85. The molecule has 0 saturated carbocycles. The number of nitrogens with zero attached hydrogens (tertiary/aromatic N) is 3. The predicted octanol–water partition coefficient (Wildman–Crippen LogP) is 3.90. The highest BCUT2D eigenvalue weighted by Crippen LogP contribution is 2.27. The van der Waals surface area contributed by atoms with Gasteiger partial charge in [0.2, 0.25) is 10.0 Å². The summed E-state index contributed by atoms with van der Waals surface area (Å²) >= 11 is 0. The molecule has 1 aromatic carbocycles. The zero-order chi connectivity index (χ0) is 22.2. The summed E-state index contributed by atoms with van der Waals surface area (Å²) in [6.45, 7) is 3.97. The number of carbonyl (C=O) groups excluding carboxylic acids is 1. The number of anilines is 2. The van der Waals surface area contributed by atoms with Gasteiger partial charge in [0.05, 0.1) is 29.7 Å². The molecule has 0 bridgehead atoms. The molecule has 31 heavy (non-hydrogen) atoms. The molecule has 10 heteroatoms. The molecule has 3 aromatic heterocycles. The summed E-state index contributed by atoms with van der Waals surface area (Å²) in [7, 11) is -3.37. The van der Waals surface area contributed by atoms with Gasteiger partial charge in [0.15, 0.2) is 11.4 Å². The van der Waals surface area contributed by atoms with E-state index in [0.29, 0.717) is 39.4 Å². The van der Waals surface area contributed by atoms with Crippen molar-refractivity contribution in [1.29, 1.82) is 0 Å². The Hall–Kier alpha value is -3.66. The molecule has 3 heterocycles. The van der Waals surface area contributed by atoms with Crippen molar-refractivity contribution in [2.45, 2.75) is 19.9 Å². The third-order valence-corrected chi connectivity index (χ3v) is 5.13. The van der Waals surface area contributed by atoms with Gasteiger partial charge in [-0.15, -0.1) is 0 Å². The summed E-state index contributed by atoms with van der Waals surface area (Å²) in [6, 6.07) is 11.6. The monoisotopic (exact) mass is 439 g/mol. The number of nitrogens with one attached hydrogen (secondary N) is 2. The maximum Gasteiger partial charge on any atom is 0.256 e. The molecule has 4 rings (SSSR count). The molecule has 160 valence electrons. The molecular weight excluding hydrogens is 418 g/mol. The maximum absolute atomic E-state index is 13.1. The first kappa shape index (κ1) is 20.6. The Morgan fingerprint density at radius 3 is 2.45 bits per heavy atom. The van der Waals surface area contributed by atoms with Gasteiger partial charge in [-0.2, -0.15) is 5.10 Å². The lowest BCUT2D eigenvalue weighted by Crippen LogP contribution is -2.14. The van der Waals surface area contributed by atoms with E-state index in [2.05, 4.69) is 20.1 Å². The van der Waals surface area contributed by atoms with Crippen molar-refractivity contribution < 1.29 is 17.6 Å². The predicted molar refractivity (Wildman–Crippen MR) is 118 cm³/mol. The fraction of sp³-hybridized carbons (Fsp3) is 0.190. The van der Waals surface area contributed by atoms with Crippen molar-refractivity contribution >= 4 is 38.3 Å². The normalized spacial score (nSPS) is 11.7. The summed E-state index contributed by atoms with van der Waals surface area (Å²) in [4.78, 5) is 17.8. The average Bonchev–Trinajstić information content (AvgIpc) is 3.37. The van der Waals surface area contributed by atoms with E-state index in [1.54, 1.807) is 59.6 Å². The number of sulfonamides is 1. The van der Waals surface area contributed by atoms with E-state index in [4.69, 9.17) is 4.42 Å². The molecule has 0 fully saturated rings. The molecule has 9 nitrogen and oxygen atoms in total. The molecule has 0 radical (unpaired) electrons. The van der Waals surface area contributed by atoms with Crippen LogP contribution in [0.25, 0.3) is 22.5 Å². The number of carbonyl (C=O) groups is 1. The first-order valence-corrected chi connectivity index (χ1v) is 11.4. The average molecular weight is 439 g/mol. The van der Waals surface area contributed by atoms with Crippen LogP contribution in [0, 0.1) is 0 Å². The van der Waals surface area contributed by atoms with Gasteiger partial charge in [-0.05, 0) is 56.3 Å². The number of furan rings is 1. The highest BCUT2D eigenvalue weighted by Gasteiger charge is 2.19. The smallest absolute Gasteiger partial charge is 0.256 e. The van der Waals surface area contributed by atoms with Crippen LogP contribution < -0.4 is 10.0 Å². The Labute approximate surface area is 179 Å². The van der Waals surface area contributed by atoms with Gasteiger partial charge in [0.1, 0.15) is 5.69 Å². The summed E-state index contributed by atoms with van der Waals surface area (Å²) in [5.74, 6) is 0.205. The van der Waals surface area contributed by atoms with Gasteiger partial charge in [0.25, 0.3) is 5.91 Å². The molecular formula is C21H21N5O4S. The number of benzene rings is 1. The van der Waals surface area contributed by atoms with Crippen LogP contribution in [0.1, 0.15) is 30.2 Å². The molecule has 0 aliphatic carbocycles. The van der Waals surface area contributed by atoms with Crippen LogP contribution >= 0.6 is 0 Å². The third-order valence-electron chi connectivity index (χ3n) is 4.52. The van der Waals surface area contributed by atoms with E-state index < -0.39 is 10.0 Å². The number of hydrogen-bond acceptors (Lipinski definition) is 6. The minimum absolute atomic E-state index is 0.0580. The lowest BCUT2D eigenvalue weighted by molar-refractivity contribution is 0.102. The van der Waals surface area contributed by atoms with E-state index >= 15 is 0 Å². The summed E-state index contributed by atoms with van der Waals surface area (Å²) < 4.78 is 32.3. The van der Waals surface area contributed by atoms with Crippen LogP contribution in [0.2, 0.25) is 0 Å². The van der Waals surface area contributed by atoms with Gasteiger partial charge in [-0.3, -0.25) is 9.52 Å². The van der Waals surface area contributed by atoms with Gasteiger partial charge in [0, 0.05) is 17.4 Å².